The van der Waals surface area contributed by atoms with Crippen molar-refractivity contribution in [2.45, 2.75) is 155 Å². The van der Waals surface area contributed by atoms with Gasteiger partial charge >= 0.3 is 0 Å². The van der Waals surface area contributed by atoms with Crippen molar-refractivity contribution in [3.8, 4) is 0 Å². The molecule has 8 heteroatoms. The normalized spacial score (nSPS) is 50.0. The molecule has 8 aliphatic carbocycles. The number of rotatable bonds is 2. The van der Waals surface area contributed by atoms with Crippen molar-refractivity contribution >= 4 is 11.6 Å². The number of aliphatic hydroxyl groups is 2. The topological polar surface area (TPSA) is 119 Å². The molecule has 58 heavy (non-hydrogen) atoms. The molecule has 0 unspecified atom stereocenters. The van der Waals surface area contributed by atoms with Crippen molar-refractivity contribution in [3.05, 3.63) is 70.8 Å². The van der Waals surface area contributed by atoms with Crippen molar-refractivity contribution in [2.75, 3.05) is 0 Å². The Bertz CT molecular complexity index is 1910. The predicted octanol–water partition coefficient (Wildman–Crippen LogP) is 7.93. The van der Waals surface area contributed by atoms with E-state index in [9.17, 15) is 19.8 Å². The van der Waals surface area contributed by atoms with E-state index in [1.807, 2.05) is 0 Å². The Labute approximate surface area is 344 Å². The fourth-order valence-electron chi connectivity index (χ4n) is 16.9. The molecular formula is C50H64N2O6. The van der Waals surface area contributed by atoms with Gasteiger partial charge in [0.1, 0.15) is 12.2 Å². The number of carbonyl (C=O) groups excluding carboxylic acids is 2. The molecule has 2 N–H and O–H groups in total. The molecule has 1 aromatic heterocycles. The van der Waals surface area contributed by atoms with Crippen molar-refractivity contribution < 1.29 is 29.3 Å². The van der Waals surface area contributed by atoms with Crippen LogP contribution in [-0.2, 0) is 44.7 Å². The van der Waals surface area contributed by atoms with Crippen LogP contribution in [0, 0.1) is 69.0 Å². The highest BCUT2D eigenvalue weighted by molar-refractivity contribution is 5.91. The second-order valence-corrected chi connectivity index (χ2v) is 22.1. The highest BCUT2D eigenvalue weighted by atomic mass is 16.5. The van der Waals surface area contributed by atoms with Crippen molar-refractivity contribution in [3.63, 3.8) is 0 Å². The quantitative estimate of drug-likeness (QED) is 0.290. The summed E-state index contributed by atoms with van der Waals surface area (Å²) < 4.78 is 11.7. The molecule has 11 rings (SSSR count). The second-order valence-electron chi connectivity index (χ2n) is 22.1. The monoisotopic (exact) mass is 788 g/mol. The van der Waals surface area contributed by atoms with Gasteiger partial charge in [-0.15, -0.1) is 0 Å². The van der Waals surface area contributed by atoms with Gasteiger partial charge in [-0.1, -0.05) is 38.8 Å². The van der Waals surface area contributed by atoms with E-state index < -0.39 is 0 Å². The molecular weight excluding hydrogens is 725 g/mol. The minimum atomic E-state index is -0.366. The van der Waals surface area contributed by atoms with E-state index in [4.69, 9.17) is 19.4 Å². The maximum atomic E-state index is 12.3. The van der Waals surface area contributed by atoms with Gasteiger partial charge in [0.2, 0.25) is 0 Å². The van der Waals surface area contributed by atoms with Gasteiger partial charge in [0, 0.05) is 12.2 Å². The van der Waals surface area contributed by atoms with Crippen LogP contribution in [0.1, 0.15) is 128 Å². The summed E-state index contributed by atoms with van der Waals surface area (Å²) >= 11 is 0. The summed E-state index contributed by atoms with van der Waals surface area (Å²) in [4.78, 5) is 35.5. The van der Waals surface area contributed by atoms with Crippen LogP contribution in [0.4, 0.5) is 0 Å². The highest BCUT2D eigenvalue weighted by Gasteiger charge is 2.64. The fraction of sp³-hybridized carbons (Fsp3) is 0.720. The summed E-state index contributed by atoms with van der Waals surface area (Å²) in [5.41, 5.74) is 7.42. The molecule has 8 nitrogen and oxygen atoms in total. The number of aromatic nitrogens is 2. The molecule has 0 spiro atoms. The zero-order valence-corrected chi connectivity index (χ0v) is 35.1. The molecule has 6 fully saturated rings. The summed E-state index contributed by atoms with van der Waals surface area (Å²) in [7, 11) is 0. The standard InChI is InChI=1S/C50H64N2O6/c1-47-25-43(55)45-35(37(47)11-7-27(47)17-33-21-31(53)13-15-57-33)9-5-29-19-39-41(23-49(29,45)3)51-40-20-30-6-10-36-38-12-8-28(18-34-22-32(54)14-16-58-34)48(38,2)26-44(56)46(36)50(30,4)24-42(40)52-39/h13-18,29-30,33-38,43-46,55-56H,5-12,19-26H2,1-4H3/b27-17+,28-18+/t29-,30-,33-,34+,35-,36-,37-,38-,43-,44-,45+,46+,47+,48+,49-,50-/m0/s1. The van der Waals surface area contributed by atoms with Gasteiger partial charge in [-0.25, -0.2) is 0 Å². The summed E-state index contributed by atoms with van der Waals surface area (Å²) in [6.45, 7) is 9.76. The first kappa shape index (κ1) is 37.9. The fourth-order valence-corrected chi connectivity index (χ4v) is 16.9. The highest BCUT2D eigenvalue weighted by Crippen LogP contribution is 2.69. The van der Waals surface area contributed by atoms with Gasteiger partial charge < -0.3 is 19.7 Å². The van der Waals surface area contributed by atoms with Crippen LogP contribution in [0.3, 0.4) is 0 Å². The van der Waals surface area contributed by atoms with E-state index >= 15 is 0 Å². The third-order valence-electron chi connectivity index (χ3n) is 19.5. The second kappa shape index (κ2) is 13.2. The minimum absolute atomic E-state index is 0.0141. The first-order valence-corrected chi connectivity index (χ1v) is 23.1. The predicted molar refractivity (Wildman–Crippen MR) is 219 cm³/mol. The van der Waals surface area contributed by atoms with Gasteiger partial charge in [0.15, 0.2) is 11.6 Å². The number of nitrogens with zero attached hydrogens (tertiary/aromatic N) is 2. The van der Waals surface area contributed by atoms with Crippen LogP contribution in [0.25, 0.3) is 0 Å². The first-order chi connectivity index (χ1) is 27.8. The summed E-state index contributed by atoms with van der Waals surface area (Å²) in [5, 5.41) is 24.5. The average molecular weight is 789 g/mol. The molecule has 1 aromatic rings. The van der Waals surface area contributed by atoms with Crippen LogP contribution in [-0.4, -0.2) is 56.2 Å². The van der Waals surface area contributed by atoms with Crippen molar-refractivity contribution in [1.82, 2.24) is 9.97 Å². The zero-order valence-electron chi connectivity index (χ0n) is 35.1. The first-order valence-electron chi connectivity index (χ1n) is 23.1. The molecule has 0 bridgehead atoms. The van der Waals surface area contributed by atoms with Crippen LogP contribution >= 0.6 is 0 Å². The number of ketones is 2. The lowest BCUT2D eigenvalue weighted by Gasteiger charge is -2.62. The van der Waals surface area contributed by atoms with Gasteiger partial charge in [0.25, 0.3) is 0 Å². The van der Waals surface area contributed by atoms with E-state index in [1.165, 1.54) is 58.9 Å². The third kappa shape index (κ3) is 5.50. The number of fused-ring (bicyclic) bond motifs is 12. The molecule has 0 radical (unpaired) electrons. The third-order valence-corrected chi connectivity index (χ3v) is 19.5. The van der Waals surface area contributed by atoms with Gasteiger partial charge in [-0.2, -0.15) is 0 Å². The molecule has 3 heterocycles. The Morgan fingerprint density at radius 1 is 0.603 bits per heavy atom. The molecule has 0 saturated heterocycles. The lowest BCUT2D eigenvalue weighted by Crippen LogP contribution is -2.59. The molecule has 16 atom stereocenters. The van der Waals surface area contributed by atoms with Crippen LogP contribution in [0.15, 0.2) is 48.0 Å². The number of hydrogen-bond acceptors (Lipinski definition) is 8. The maximum absolute atomic E-state index is 12.3. The molecule has 10 aliphatic rings. The Morgan fingerprint density at radius 3 is 1.45 bits per heavy atom. The largest absolute Gasteiger partial charge is 0.493 e. The Morgan fingerprint density at radius 2 is 1.03 bits per heavy atom. The van der Waals surface area contributed by atoms with Crippen molar-refractivity contribution in [2.24, 2.45) is 69.0 Å². The molecule has 310 valence electrons. The Kier molecular flexibility index (Phi) is 8.62. The number of allylic oxidation sites excluding steroid dienone is 4. The lowest BCUT2D eigenvalue weighted by atomic mass is 9.44. The SMILES string of the molecule is C[C@]12Cc3nc4c(nc3C[C@@H]1CC[C@@H]1[C@@H]2[C@@H](O)C[C@]2(C)/C(=C/[C@@H]3CC(=O)C=CO3)CC[C@@H]12)C[C@@]1(C)[C@@H](CC[C@@H]2[C@@H]1[C@@H](O)C[C@]1(C)/C(=C/[C@H]3CC(=O)C=CO3)CC[C@@H]21)C4. The summed E-state index contributed by atoms with van der Waals surface area (Å²) in [5.74, 6) is 3.76. The minimum Gasteiger partial charge on any atom is -0.493 e. The number of carbonyl (C=O) groups is 2. The molecule has 2 aliphatic heterocycles. The van der Waals surface area contributed by atoms with Crippen LogP contribution in [0.2, 0.25) is 0 Å². The number of ether oxygens (including phenoxy) is 2. The number of hydrogen-bond donors (Lipinski definition) is 2. The van der Waals surface area contributed by atoms with Crippen LogP contribution < -0.4 is 0 Å². The Balaban J connectivity index is 0.838. The van der Waals surface area contributed by atoms with Gasteiger partial charge in [-0.05, 0) is 171 Å². The lowest BCUT2D eigenvalue weighted by molar-refractivity contribution is -0.150. The van der Waals surface area contributed by atoms with E-state index in [2.05, 4.69) is 39.8 Å². The smallest absolute Gasteiger partial charge is 0.162 e. The zero-order chi connectivity index (χ0) is 39.9. The summed E-state index contributed by atoms with van der Waals surface area (Å²) in [6, 6.07) is 0. The molecule has 6 saturated carbocycles. The van der Waals surface area contributed by atoms with E-state index in [-0.39, 0.29) is 69.5 Å². The van der Waals surface area contributed by atoms with E-state index in [1.54, 1.807) is 12.5 Å². The molecule has 0 aromatic carbocycles. The van der Waals surface area contributed by atoms with Gasteiger partial charge in [-0.3, -0.25) is 19.6 Å². The van der Waals surface area contributed by atoms with E-state index in [0.29, 0.717) is 48.3 Å². The van der Waals surface area contributed by atoms with E-state index in [0.717, 1.165) is 77.0 Å². The maximum Gasteiger partial charge on any atom is 0.162 e. The van der Waals surface area contributed by atoms with Gasteiger partial charge in [0.05, 0.1) is 60.3 Å². The summed E-state index contributed by atoms with van der Waals surface area (Å²) in [6.07, 6.45) is 24.6. The Hall–Kier alpha value is -3.10. The average Bonchev–Trinajstić information content (AvgIpc) is 3.66. The molecule has 0 amide bonds. The van der Waals surface area contributed by atoms with Crippen LogP contribution in [0.5, 0.6) is 0 Å². The van der Waals surface area contributed by atoms with Crippen molar-refractivity contribution in [1.29, 1.82) is 0 Å². The number of aliphatic hydroxyl groups excluding tert-OH is 2.